The summed E-state index contributed by atoms with van der Waals surface area (Å²) in [6, 6.07) is 16.9. The summed E-state index contributed by atoms with van der Waals surface area (Å²) in [5.74, 6) is -0.514. The zero-order valence-electron chi connectivity index (χ0n) is 13.3. The van der Waals surface area contributed by atoms with Gasteiger partial charge >= 0.3 is 5.97 Å². The van der Waals surface area contributed by atoms with Crippen LogP contribution in [0.4, 0.5) is 0 Å². The van der Waals surface area contributed by atoms with Gasteiger partial charge in [0.05, 0.1) is 0 Å². The standard InChI is InChI=1S/C20H19NO3/c22-19(15-7-2-1-3-8-15)14-24-20(23)12-6-9-16-13-21-18-11-5-4-10-17(16)18/h1-5,7-8,10-11,13,21H,6,9,12,14H2. The number of hydrogen-bond acceptors (Lipinski definition) is 3. The Morgan fingerprint density at radius 1 is 0.958 bits per heavy atom. The molecule has 24 heavy (non-hydrogen) atoms. The number of esters is 1. The van der Waals surface area contributed by atoms with Crippen molar-refractivity contribution in [1.82, 2.24) is 4.98 Å². The number of aryl methyl sites for hydroxylation is 1. The molecule has 2 aromatic carbocycles. The Labute approximate surface area is 140 Å². The number of para-hydroxylation sites is 1. The summed E-state index contributed by atoms with van der Waals surface area (Å²) in [5.41, 5.74) is 2.85. The first kappa shape index (κ1) is 16.0. The van der Waals surface area contributed by atoms with Gasteiger partial charge in [-0.3, -0.25) is 9.59 Å². The lowest BCUT2D eigenvalue weighted by atomic mass is 10.1. The Hall–Kier alpha value is -2.88. The van der Waals surface area contributed by atoms with Crippen molar-refractivity contribution in [3.8, 4) is 0 Å². The average Bonchev–Trinajstić information content (AvgIpc) is 3.04. The molecular weight excluding hydrogens is 302 g/mol. The van der Waals surface area contributed by atoms with Gasteiger partial charge in [0.2, 0.25) is 0 Å². The molecule has 0 aliphatic rings. The van der Waals surface area contributed by atoms with E-state index in [-0.39, 0.29) is 18.4 Å². The van der Waals surface area contributed by atoms with Crippen LogP contribution in [0.1, 0.15) is 28.8 Å². The molecule has 0 spiro atoms. The number of Topliss-reactive ketones (excluding diaryl/α,β-unsaturated/α-hetero) is 1. The van der Waals surface area contributed by atoms with E-state index < -0.39 is 0 Å². The predicted octanol–water partition coefficient (Wildman–Crippen LogP) is 3.92. The van der Waals surface area contributed by atoms with Crippen LogP contribution in [0.5, 0.6) is 0 Å². The number of carbonyl (C=O) groups is 2. The van der Waals surface area contributed by atoms with Crippen LogP contribution in [0.25, 0.3) is 10.9 Å². The Morgan fingerprint density at radius 2 is 1.71 bits per heavy atom. The van der Waals surface area contributed by atoms with Crippen molar-refractivity contribution in [2.75, 3.05) is 6.61 Å². The van der Waals surface area contributed by atoms with Crippen LogP contribution in [-0.4, -0.2) is 23.3 Å². The Bertz CT molecular complexity index is 836. The number of aromatic nitrogens is 1. The Balaban J connectivity index is 1.44. The second-order valence-electron chi connectivity index (χ2n) is 5.66. The fourth-order valence-electron chi connectivity index (χ4n) is 2.69. The topological polar surface area (TPSA) is 59.2 Å². The fourth-order valence-corrected chi connectivity index (χ4v) is 2.69. The van der Waals surface area contributed by atoms with Gasteiger partial charge in [-0.25, -0.2) is 0 Å². The van der Waals surface area contributed by atoms with Crippen molar-refractivity contribution in [3.63, 3.8) is 0 Å². The van der Waals surface area contributed by atoms with E-state index in [4.69, 9.17) is 4.74 Å². The van der Waals surface area contributed by atoms with Crippen LogP contribution in [0.15, 0.2) is 60.8 Å². The summed E-state index contributed by atoms with van der Waals surface area (Å²) in [7, 11) is 0. The first-order valence-corrected chi connectivity index (χ1v) is 8.03. The van der Waals surface area contributed by atoms with E-state index in [1.807, 2.05) is 30.5 Å². The maximum absolute atomic E-state index is 11.9. The highest BCUT2D eigenvalue weighted by atomic mass is 16.5. The number of ketones is 1. The molecule has 0 saturated carbocycles. The van der Waals surface area contributed by atoms with Gasteiger partial charge in [0.15, 0.2) is 12.4 Å². The van der Waals surface area contributed by atoms with E-state index in [2.05, 4.69) is 11.1 Å². The third-order valence-corrected chi connectivity index (χ3v) is 3.96. The minimum Gasteiger partial charge on any atom is -0.457 e. The van der Waals surface area contributed by atoms with Crippen LogP contribution >= 0.6 is 0 Å². The zero-order valence-corrected chi connectivity index (χ0v) is 13.3. The van der Waals surface area contributed by atoms with Crippen molar-refractivity contribution in [3.05, 3.63) is 71.9 Å². The molecular formula is C20H19NO3. The summed E-state index contributed by atoms with van der Waals surface area (Å²) in [6.07, 6.45) is 3.78. The van der Waals surface area contributed by atoms with Gasteiger partial charge in [-0.05, 0) is 24.5 Å². The maximum Gasteiger partial charge on any atom is 0.306 e. The summed E-state index contributed by atoms with van der Waals surface area (Å²) < 4.78 is 5.07. The zero-order chi connectivity index (χ0) is 16.8. The molecule has 1 N–H and O–H groups in total. The molecule has 1 heterocycles. The number of fused-ring (bicyclic) bond motifs is 1. The first-order valence-electron chi connectivity index (χ1n) is 8.03. The lowest BCUT2D eigenvalue weighted by Crippen LogP contribution is -2.14. The van der Waals surface area contributed by atoms with Gasteiger partial charge in [-0.2, -0.15) is 0 Å². The van der Waals surface area contributed by atoms with Crippen molar-refractivity contribution >= 4 is 22.7 Å². The van der Waals surface area contributed by atoms with Gasteiger partial charge < -0.3 is 9.72 Å². The predicted molar refractivity (Wildman–Crippen MR) is 93.0 cm³/mol. The maximum atomic E-state index is 11.9. The summed E-state index contributed by atoms with van der Waals surface area (Å²) in [5, 5.41) is 1.19. The lowest BCUT2D eigenvalue weighted by molar-refractivity contribution is -0.142. The van der Waals surface area contributed by atoms with Crippen LogP contribution in [0, 0.1) is 0 Å². The van der Waals surface area contributed by atoms with Gasteiger partial charge in [-0.1, -0.05) is 48.5 Å². The number of benzene rings is 2. The van der Waals surface area contributed by atoms with E-state index in [9.17, 15) is 9.59 Å². The van der Waals surface area contributed by atoms with Gasteiger partial charge in [-0.15, -0.1) is 0 Å². The third-order valence-electron chi connectivity index (χ3n) is 3.96. The van der Waals surface area contributed by atoms with E-state index >= 15 is 0 Å². The largest absolute Gasteiger partial charge is 0.457 e. The highest BCUT2D eigenvalue weighted by Gasteiger charge is 2.10. The Kier molecular flexibility index (Phi) is 5.06. The molecule has 0 unspecified atom stereocenters. The summed E-state index contributed by atoms with van der Waals surface area (Å²) >= 11 is 0. The first-order chi connectivity index (χ1) is 11.7. The molecule has 3 rings (SSSR count). The Morgan fingerprint density at radius 3 is 2.54 bits per heavy atom. The summed E-state index contributed by atoms with van der Waals surface area (Å²) in [6.45, 7) is -0.198. The molecule has 0 fully saturated rings. The van der Waals surface area contributed by atoms with E-state index in [0.717, 1.165) is 11.9 Å². The number of ether oxygens (including phenoxy) is 1. The van der Waals surface area contributed by atoms with Gasteiger partial charge in [0.1, 0.15) is 0 Å². The molecule has 122 valence electrons. The second-order valence-corrected chi connectivity index (χ2v) is 5.66. The number of rotatable bonds is 7. The second kappa shape index (κ2) is 7.59. The van der Waals surface area contributed by atoms with Crippen LogP contribution in [-0.2, 0) is 16.0 Å². The fraction of sp³-hybridized carbons (Fsp3) is 0.200. The minimum atomic E-state index is -0.334. The molecule has 0 radical (unpaired) electrons. The average molecular weight is 321 g/mol. The van der Waals surface area contributed by atoms with Crippen molar-refractivity contribution < 1.29 is 14.3 Å². The molecule has 0 aliphatic carbocycles. The van der Waals surface area contributed by atoms with E-state index in [0.29, 0.717) is 18.4 Å². The molecule has 4 nitrogen and oxygen atoms in total. The number of nitrogens with one attached hydrogen (secondary N) is 1. The summed E-state index contributed by atoms with van der Waals surface area (Å²) in [4.78, 5) is 26.9. The number of aromatic amines is 1. The van der Waals surface area contributed by atoms with Crippen LogP contribution in [0.3, 0.4) is 0 Å². The molecule has 3 aromatic rings. The van der Waals surface area contributed by atoms with Crippen molar-refractivity contribution in [2.24, 2.45) is 0 Å². The molecule has 1 aromatic heterocycles. The normalized spacial score (nSPS) is 10.7. The molecule has 0 bridgehead atoms. The molecule has 4 heteroatoms. The number of H-pyrrole nitrogens is 1. The van der Waals surface area contributed by atoms with Gasteiger partial charge in [0.25, 0.3) is 0 Å². The van der Waals surface area contributed by atoms with Crippen LogP contribution in [0.2, 0.25) is 0 Å². The quantitative estimate of drug-likeness (QED) is 0.530. The number of hydrogen-bond donors (Lipinski definition) is 1. The minimum absolute atomic E-state index is 0.180. The van der Waals surface area contributed by atoms with Crippen molar-refractivity contribution in [2.45, 2.75) is 19.3 Å². The molecule has 0 atom stereocenters. The third kappa shape index (κ3) is 3.90. The van der Waals surface area contributed by atoms with E-state index in [1.165, 1.54) is 10.9 Å². The highest BCUT2D eigenvalue weighted by molar-refractivity contribution is 5.97. The van der Waals surface area contributed by atoms with Gasteiger partial charge in [0, 0.05) is 29.1 Å². The monoisotopic (exact) mass is 321 g/mol. The molecule has 0 amide bonds. The van der Waals surface area contributed by atoms with Crippen LogP contribution < -0.4 is 0 Å². The number of carbonyl (C=O) groups excluding carboxylic acids is 2. The van der Waals surface area contributed by atoms with E-state index in [1.54, 1.807) is 24.3 Å². The lowest BCUT2D eigenvalue weighted by Gasteiger charge is -2.04. The molecule has 0 saturated heterocycles. The smallest absolute Gasteiger partial charge is 0.306 e. The highest BCUT2D eigenvalue weighted by Crippen LogP contribution is 2.19. The van der Waals surface area contributed by atoms with Crippen molar-refractivity contribution in [1.29, 1.82) is 0 Å². The SMILES string of the molecule is O=C(CCCc1c[nH]c2ccccc12)OCC(=O)c1ccccc1. The molecule has 0 aliphatic heterocycles.